The fourth-order valence-corrected chi connectivity index (χ4v) is 2.40. The molecule has 0 aliphatic rings. The monoisotopic (exact) mass is 307 g/mol. The Balaban J connectivity index is 1.75. The second kappa shape index (κ2) is 6.67. The fraction of sp³-hybridized carbons (Fsp3) is 0.100. The molecule has 0 bridgehead atoms. The predicted octanol–water partition coefficient (Wildman–Crippen LogP) is 5.69. The van der Waals surface area contributed by atoms with Crippen molar-refractivity contribution in [2.24, 2.45) is 0 Å². The number of benzene rings is 3. The molecule has 0 atom stereocenters. The number of ether oxygens (including phenoxy) is 1. The molecule has 3 aromatic carbocycles. The van der Waals surface area contributed by atoms with Gasteiger partial charge in [-0.05, 0) is 65.6 Å². The SMILES string of the molecule is Cc1[c]c(-c2cccc(COc3ccc(Cl)cc3)c2)ccc1. The molecule has 0 unspecified atom stereocenters. The van der Waals surface area contributed by atoms with Gasteiger partial charge in [0.05, 0.1) is 0 Å². The lowest BCUT2D eigenvalue weighted by Gasteiger charge is -2.08. The first-order valence-corrected chi connectivity index (χ1v) is 7.55. The third kappa shape index (κ3) is 3.69. The van der Waals surface area contributed by atoms with Crippen LogP contribution in [0.1, 0.15) is 11.1 Å². The van der Waals surface area contributed by atoms with Crippen LogP contribution in [-0.2, 0) is 6.61 Å². The average Bonchev–Trinajstić information content (AvgIpc) is 2.55. The summed E-state index contributed by atoms with van der Waals surface area (Å²) in [6, 6.07) is 25.3. The zero-order chi connectivity index (χ0) is 15.4. The molecular weight excluding hydrogens is 292 g/mol. The highest BCUT2D eigenvalue weighted by atomic mass is 35.5. The van der Waals surface area contributed by atoms with Crippen molar-refractivity contribution in [2.45, 2.75) is 13.5 Å². The molecule has 0 saturated heterocycles. The lowest BCUT2D eigenvalue weighted by Crippen LogP contribution is -1.95. The minimum atomic E-state index is 0.529. The highest BCUT2D eigenvalue weighted by Gasteiger charge is 2.01. The molecule has 3 rings (SSSR count). The second-order valence-electron chi connectivity index (χ2n) is 5.19. The summed E-state index contributed by atoms with van der Waals surface area (Å²) in [5.74, 6) is 0.817. The molecule has 109 valence electrons. The van der Waals surface area contributed by atoms with Crippen molar-refractivity contribution in [3.05, 3.63) is 88.9 Å². The highest BCUT2D eigenvalue weighted by Crippen LogP contribution is 2.22. The van der Waals surface area contributed by atoms with Gasteiger partial charge in [-0.3, -0.25) is 0 Å². The molecule has 0 fully saturated rings. The quantitative estimate of drug-likeness (QED) is 0.601. The third-order valence-corrected chi connectivity index (χ3v) is 3.65. The van der Waals surface area contributed by atoms with E-state index < -0.39 is 0 Å². The van der Waals surface area contributed by atoms with Gasteiger partial charge in [0.25, 0.3) is 0 Å². The van der Waals surface area contributed by atoms with Crippen LogP contribution in [0.4, 0.5) is 0 Å². The number of hydrogen-bond acceptors (Lipinski definition) is 1. The summed E-state index contributed by atoms with van der Waals surface area (Å²) >= 11 is 5.87. The summed E-state index contributed by atoms with van der Waals surface area (Å²) in [7, 11) is 0. The van der Waals surface area contributed by atoms with Gasteiger partial charge >= 0.3 is 0 Å². The summed E-state index contributed by atoms with van der Waals surface area (Å²) in [4.78, 5) is 0. The van der Waals surface area contributed by atoms with E-state index in [0.717, 1.165) is 28.0 Å². The topological polar surface area (TPSA) is 9.23 Å². The van der Waals surface area contributed by atoms with Gasteiger partial charge in [0, 0.05) is 5.02 Å². The van der Waals surface area contributed by atoms with E-state index in [9.17, 15) is 0 Å². The fourth-order valence-electron chi connectivity index (χ4n) is 2.28. The van der Waals surface area contributed by atoms with Crippen LogP contribution >= 0.6 is 11.6 Å². The van der Waals surface area contributed by atoms with Gasteiger partial charge < -0.3 is 4.74 Å². The highest BCUT2D eigenvalue weighted by molar-refractivity contribution is 6.30. The summed E-state index contributed by atoms with van der Waals surface area (Å²) in [5, 5.41) is 0.712. The van der Waals surface area contributed by atoms with Crippen LogP contribution < -0.4 is 4.74 Å². The van der Waals surface area contributed by atoms with Gasteiger partial charge in [-0.1, -0.05) is 48.0 Å². The molecule has 1 nitrogen and oxygen atoms in total. The lowest BCUT2D eigenvalue weighted by molar-refractivity contribution is 0.306. The van der Waals surface area contributed by atoms with Gasteiger partial charge in [0.15, 0.2) is 0 Å². The van der Waals surface area contributed by atoms with Crippen molar-refractivity contribution in [3.63, 3.8) is 0 Å². The maximum Gasteiger partial charge on any atom is 0.119 e. The number of rotatable bonds is 4. The van der Waals surface area contributed by atoms with Crippen LogP contribution in [0.2, 0.25) is 5.02 Å². The molecule has 0 aliphatic heterocycles. The molecule has 0 aliphatic carbocycles. The molecule has 1 radical (unpaired) electrons. The number of aryl methyl sites for hydroxylation is 1. The zero-order valence-corrected chi connectivity index (χ0v) is 13.1. The maximum atomic E-state index is 5.87. The first kappa shape index (κ1) is 14.7. The predicted molar refractivity (Wildman–Crippen MR) is 91.2 cm³/mol. The van der Waals surface area contributed by atoms with Gasteiger partial charge in [-0.15, -0.1) is 0 Å². The minimum absolute atomic E-state index is 0.529. The summed E-state index contributed by atoms with van der Waals surface area (Å²) in [6.07, 6.45) is 0. The van der Waals surface area contributed by atoms with Crippen molar-refractivity contribution in [1.82, 2.24) is 0 Å². The molecular formula is C20H16ClO. The Morgan fingerprint density at radius 3 is 2.50 bits per heavy atom. The van der Waals surface area contributed by atoms with Crippen LogP contribution in [-0.4, -0.2) is 0 Å². The Kier molecular flexibility index (Phi) is 4.45. The van der Waals surface area contributed by atoms with E-state index in [1.165, 1.54) is 0 Å². The Hall–Kier alpha value is -2.25. The average molecular weight is 308 g/mol. The Bertz CT molecular complexity index is 763. The van der Waals surface area contributed by atoms with Gasteiger partial charge in [0.2, 0.25) is 0 Å². The third-order valence-electron chi connectivity index (χ3n) is 3.40. The number of hydrogen-bond donors (Lipinski definition) is 0. The van der Waals surface area contributed by atoms with E-state index in [4.69, 9.17) is 16.3 Å². The first-order valence-electron chi connectivity index (χ1n) is 7.17. The Morgan fingerprint density at radius 1 is 0.955 bits per heavy atom. The van der Waals surface area contributed by atoms with Crippen LogP contribution in [0, 0.1) is 13.0 Å². The normalized spacial score (nSPS) is 10.5. The minimum Gasteiger partial charge on any atom is -0.489 e. The van der Waals surface area contributed by atoms with Gasteiger partial charge in [0.1, 0.15) is 12.4 Å². The number of halogens is 1. The van der Waals surface area contributed by atoms with Crippen molar-refractivity contribution >= 4 is 11.6 Å². The van der Waals surface area contributed by atoms with Crippen molar-refractivity contribution in [3.8, 4) is 16.9 Å². The second-order valence-corrected chi connectivity index (χ2v) is 5.63. The van der Waals surface area contributed by atoms with E-state index in [-0.39, 0.29) is 0 Å². The van der Waals surface area contributed by atoms with Gasteiger partial charge in [-0.2, -0.15) is 0 Å². The van der Waals surface area contributed by atoms with E-state index >= 15 is 0 Å². The molecule has 0 spiro atoms. The molecule has 2 heteroatoms. The Labute approximate surface area is 136 Å². The van der Waals surface area contributed by atoms with Gasteiger partial charge in [-0.25, -0.2) is 0 Å². The first-order chi connectivity index (χ1) is 10.7. The van der Waals surface area contributed by atoms with E-state index in [2.05, 4.69) is 49.4 Å². The van der Waals surface area contributed by atoms with E-state index in [1.54, 1.807) is 0 Å². The maximum absolute atomic E-state index is 5.87. The van der Waals surface area contributed by atoms with Crippen molar-refractivity contribution in [2.75, 3.05) is 0 Å². The smallest absolute Gasteiger partial charge is 0.119 e. The molecule has 0 heterocycles. The largest absolute Gasteiger partial charge is 0.489 e. The summed E-state index contributed by atoms with van der Waals surface area (Å²) in [6.45, 7) is 2.58. The molecule has 3 aromatic rings. The van der Waals surface area contributed by atoms with Crippen LogP contribution in [0.3, 0.4) is 0 Å². The Morgan fingerprint density at radius 2 is 1.73 bits per heavy atom. The summed E-state index contributed by atoms with van der Waals surface area (Å²) in [5.41, 5.74) is 4.52. The molecule has 0 aromatic heterocycles. The zero-order valence-electron chi connectivity index (χ0n) is 12.3. The van der Waals surface area contributed by atoms with Crippen LogP contribution in [0.15, 0.2) is 66.7 Å². The van der Waals surface area contributed by atoms with E-state index in [0.29, 0.717) is 11.6 Å². The molecule has 0 saturated carbocycles. The molecule has 22 heavy (non-hydrogen) atoms. The molecule has 0 N–H and O–H groups in total. The standard InChI is InChI=1S/C20H16ClO/c1-15-4-2-6-17(12-15)18-7-3-5-16(13-18)14-22-20-10-8-19(21)9-11-20/h2-11,13H,14H2,1H3. The van der Waals surface area contributed by atoms with Crippen LogP contribution in [0.25, 0.3) is 11.1 Å². The lowest BCUT2D eigenvalue weighted by atomic mass is 10.0. The molecule has 0 amide bonds. The summed E-state index contributed by atoms with van der Waals surface area (Å²) < 4.78 is 5.79. The van der Waals surface area contributed by atoms with Crippen molar-refractivity contribution < 1.29 is 4.74 Å². The van der Waals surface area contributed by atoms with Crippen LogP contribution in [0.5, 0.6) is 5.75 Å². The van der Waals surface area contributed by atoms with E-state index in [1.807, 2.05) is 30.3 Å². The van der Waals surface area contributed by atoms with Crippen molar-refractivity contribution in [1.29, 1.82) is 0 Å².